The van der Waals surface area contributed by atoms with Crippen molar-refractivity contribution in [1.29, 1.82) is 0 Å². The van der Waals surface area contributed by atoms with Crippen LogP contribution in [0.5, 0.6) is 0 Å². The van der Waals surface area contributed by atoms with Crippen molar-refractivity contribution in [2.45, 2.75) is 32.4 Å². The van der Waals surface area contributed by atoms with Crippen molar-refractivity contribution >= 4 is 17.1 Å². The summed E-state index contributed by atoms with van der Waals surface area (Å²) < 4.78 is 51.3. The lowest BCUT2D eigenvalue weighted by atomic mass is 10.1. The Morgan fingerprint density at radius 1 is 1.43 bits per heavy atom. The normalized spacial score (nSPS) is 22.3. The summed E-state index contributed by atoms with van der Waals surface area (Å²) in [5.74, 6) is -0.969. The number of nitro benzene ring substituents is 1. The summed E-state index contributed by atoms with van der Waals surface area (Å²) in [5, 5.41) is 10.7. The number of hydrogen-bond acceptors (Lipinski definition) is 3. The topological polar surface area (TPSA) is 55.5 Å². The molecule has 21 heavy (non-hydrogen) atoms. The molecule has 1 fully saturated rings. The number of halogens is 4. The van der Waals surface area contributed by atoms with Gasteiger partial charge in [0.2, 0.25) is 5.82 Å². The van der Waals surface area contributed by atoms with Crippen LogP contribution in [0, 0.1) is 21.8 Å². The maximum absolute atomic E-state index is 13.7. The van der Waals surface area contributed by atoms with Gasteiger partial charge in [0.15, 0.2) is 0 Å². The van der Waals surface area contributed by atoms with Crippen LogP contribution >= 0.6 is 0 Å². The molecule has 1 aromatic rings. The van der Waals surface area contributed by atoms with Crippen molar-refractivity contribution in [1.82, 2.24) is 0 Å². The molecule has 0 N–H and O–H groups in total. The molecule has 0 aromatic heterocycles. The minimum Gasteiger partial charge on any atom is -0.258 e. The second-order valence-electron chi connectivity index (χ2n) is 5.13. The van der Waals surface area contributed by atoms with Gasteiger partial charge in [0.25, 0.3) is 0 Å². The van der Waals surface area contributed by atoms with Gasteiger partial charge in [0.05, 0.1) is 10.6 Å². The molecule has 4 nitrogen and oxygen atoms in total. The third kappa shape index (κ3) is 3.20. The van der Waals surface area contributed by atoms with E-state index < -0.39 is 28.3 Å². The highest BCUT2D eigenvalue weighted by Crippen LogP contribution is 2.51. The van der Waals surface area contributed by atoms with E-state index in [0.717, 1.165) is 19.1 Å². The van der Waals surface area contributed by atoms with Crippen molar-refractivity contribution in [3.05, 3.63) is 33.6 Å². The summed E-state index contributed by atoms with van der Waals surface area (Å²) in [6.07, 6.45) is -3.93. The van der Waals surface area contributed by atoms with E-state index in [4.69, 9.17) is 0 Å². The van der Waals surface area contributed by atoms with Crippen molar-refractivity contribution in [2.24, 2.45) is 10.9 Å². The zero-order valence-corrected chi connectivity index (χ0v) is 11.2. The number of alkyl halides is 3. The largest absolute Gasteiger partial charge is 0.429 e. The molecule has 1 saturated carbocycles. The van der Waals surface area contributed by atoms with E-state index in [1.165, 1.54) is 0 Å². The first-order valence-electron chi connectivity index (χ1n) is 6.21. The molecule has 114 valence electrons. The van der Waals surface area contributed by atoms with Crippen LogP contribution in [-0.4, -0.2) is 16.8 Å². The van der Waals surface area contributed by atoms with E-state index in [1.54, 1.807) is 0 Å². The van der Waals surface area contributed by atoms with E-state index >= 15 is 0 Å². The highest BCUT2D eigenvalue weighted by molar-refractivity contribution is 5.90. The monoisotopic (exact) mass is 304 g/mol. The average Bonchev–Trinajstić information content (AvgIpc) is 3.06. The minimum atomic E-state index is -4.63. The maximum Gasteiger partial charge on any atom is 0.429 e. The average molecular weight is 304 g/mol. The zero-order chi connectivity index (χ0) is 15.9. The van der Waals surface area contributed by atoms with Crippen LogP contribution in [0.15, 0.2) is 17.1 Å². The molecular weight excluding hydrogens is 292 g/mol. The van der Waals surface area contributed by atoms with Gasteiger partial charge in [-0.25, -0.2) is 4.99 Å². The number of nitro groups is 1. The fourth-order valence-corrected chi connectivity index (χ4v) is 2.10. The predicted octanol–water partition coefficient (Wildman–Crippen LogP) is 4.51. The summed E-state index contributed by atoms with van der Waals surface area (Å²) in [5.41, 5.74) is -1.90. The van der Waals surface area contributed by atoms with Gasteiger partial charge in [0, 0.05) is 6.07 Å². The van der Waals surface area contributed by atoms with Gasteiger partial charge in [-0.3, -0.25) is 10.1 Å². The Hall–Kier alpha value is -1.99. The first kappa shape index (κ1) is 15.4. The molecule has 0 heterocycles. The lowest BCUT2D eigenvalue weighted by Crippen LogP contribution is -2.19. The van der Waals surface area contributed by atoms with Crippen LogP contribution < -0.4 is 0 Å². The van der Waals surface area contributed by atoms with Gasteiger partial charge in [-0.15, -0.1) is 0 Å². The standard InChI is InChI=1S/C13H12F4N2O2/c1-6-3-8(6)9-4-10(14)12(19(20)21)5-11(9)18-7(2)13(15,16)17/h4-6,8H,3H2,1-2H3. The van der Waals surface area contributed by atoms with Gasteiger partial charge in [-0.2, -0.15) is 17.6 Å². The summed E-state index contributed by atoms with van der Waals surface area (Å²) >= 11 is 0. The Kier molecular flexibility index (Phi) is 3.73. The van der Waals surface area contributed by atoms with E-state index in [1.807, 2.05) is 6.92 Å². The number of aliphatic imine (C=N–C) groups is 1. The summed E-state index contributed by atoms with van der Waals surface area (Å²) in [6, 6.07) is 1.69. The van der Waals surface area contributed by atoms with Gasteiger partial charge >= 0.3 is 11.9 Å². The van der Waals surface area contributed by atoms with Crippen molar-refractivity contribution in [3.63, 3.8) is 0 Å². The number of rotatable bonds is 3. The second kappa shape index (κ2) is 5.09. The summed E-state index contributed by atoms with van der Waals surface area (Å²) in [7, 11) is 0. The fourth-order valence-electron chi connectivity index (χ4n) is 2.10. The smallest absolute Gasteiger partial charge is 0.258 e. The highest BCUT2D eigenvalue weighted by Gasteiger charge is 2.38. The molecule has 0 saturated heterocycles. The van der Waals surface area contributed by atoms with E-state index in [9.17, 15) is 27.7 Å². The SMILES string of the molecule is CC(=Nc1cc([N+](=O)[O-])c(F)cc1C1CC1C)C(F)(F)F. The first-order chi connectivity index (χ1) is 9.61. The van der Waals surface area contributed by atoms with Crippen molar-refractivity contribution < 1.29 is 22.5 Å². The quantitative estimate of drug-likeness (QED) is 0.357. The summed E-state index contributed by atoms with van der Waals surface area (Å²) in [6.45, 7) is 2.64. The molecule has 2 unspecified atom stereocenters. The molecule has 1 aromatic carbocycles. The predicted molar refractivity (Wildman–Crippen MR) is 68.4 cm³/mol. The third-order valence-corrected chi connectivity index (χ3v) is 3.50. The molecule has 1 aliphatic rings. The molecule has 2 rings (SSSR count). The Morgan fingerprint density at radius 3 is 2.43 bits per heavy atom. The first-order valence-corrected chi connectivity index (χ1v) is 6.21. The van der Waals surface area contributed by atoms with Crippen LogP contribution in [0.1, 0.15) is 31.7 Å². The molecule has 8 heteroatoms. The Balaban J connectivity index is 2.56. The minimum absolute atomic E-state index is 0.111. The van der Waals surface area contributed by atoms with E-state index in [0.29, 0.717) is 6.42 Å². The Morgan fingerprint density at radius 2 is 2.00 bits per heavy atom. The van der Waals surface area contributed by atoms with Crippen LogP contribution in [0.4, 0.5) is 28.9 Å². The lowest BCUT2D eigenvalue weighted by molar-refractivity contribution is -0.387. The Bertz CT molecular complexity index is 625. The molecule has 1 aliphatic carbocycles. The van der Waals surface area contributed by atoms with Crippen LogP contribution in [-0.2, 0) is 0 Å². The molecule has 0 bridgehead atoms. The van der Waals surface area contributed by atoms with Gasteiger partial charge in [0.1, 0.15) is 5.71 Å². The number of nitrogens with zero attached hydrogens (tertiary/aromatic N) is 2. The zero-order valence-electron chi connectivity index (χ0n) is 11.2. The van der Waals surface area contributed by atoms with Crippen LogP contribution in [0.2, 0.25) is 0 Å². The second-order valence-corrected chi connectivity index (χ2v) is 5.13. The number of hydrogen-bond donors (Lipinski definition) is 0. The molecule has 0 amide bonds. The van der Waals surface area contributed by atoms with Gasteiger partial charge in [-0.05, 0) is 36.8 Å². The molecule has 0 aliphatic heterocycles. The fraction of sp³-hybridized carbons (Fsp3) is 0.462. The van der Waals surface area contributed by atoms with E-state index in [-0.39, 0.29) is 23.1 Å². The summed E-state index contributed by atoms with van der Waals surface area (Å²) in [4.78, 5) is 13.2. The van der Waals surface area contributed by atoms with Crippen LogP contribution in [0.25, 0.3) is 0 Å². The van der Waals surface area contributed by atoms with Gasteiger partial charge in [-0.1, -0.05) is 6.92 Å². The van der Waals surface area contributed by atoms with Gasteiger partial charge < -0.3 is 0 Å². The molecule has 0 spiro atoms. The lowest BCUT2D eigenvalue weighted by Gasteiger charge is -2.09. The molecule has 2 atom stereocenters. The molecular formula is C13H12F4N2O2. The van der Waals surface area contributed by atoms with Crippen LogP contribution in [0.3, 0.4) is 0 Å². The number of benzene rings is 1. The highest BCUT2D eigenvalue weighted by atomic mass is 19.4. The molecule has 0 radical (unpaired) electrons. The Labute approximate surface area is 117 Å². The third-order valence-electron chi connectivity index (χ3n) is 3.50. The van der Waals surface area contributed by atoms with Crippen molar-refractivity contribution in [2.75, 3.05) is 0 Å². The van der Waals surface area contributed by atoms with E-state index in [2.05, 4.69) is 4.99 Å². The van der Waals surface area contributed by atoms with Crippen molar-refractivity contribution in [3.8, 4) is 0 Å². The maximum atomic E-state index is 13.7.